The lowest BCUT2D eigenvalue weighted by Gasteiger charge is -2.33. The molecule has 0 aromatic heterocycles. The maximum Gasteiger partial charge on any atom is 0.233 e. The molecule has 3 aliphatic rings. The van der Waals surface area contributed by atoms with Crippen molar-refractivity contribution in [3.63, 3.8) is 0 Å². The number of benzene rings is 1. The molecular weight excluding hydrogens is 340 g/mol. The van der Waals surface area contributed by atoms with Crippen molar-refractivity contribution < 1.29 is 14.4 Å². The van der Waals surface area contributed by atoms with E-state index in [1.54, 1.807) is 4.90 Å². The predicted octanol–water partition coefficient (Wildman–Crippen LogP) is 3.67. The SMILES string of the molecule is Cc1ccc(NC(=O)C2CCC(N3C(=O)[C@H]4CCCC[C@H]4C3=O)CC2)cc1. The molecule has 1 aromatic carbocycles. The van der Waals surface area contributed by atoms with Gasteiger partial charge in [0.05, 0.1) is 11.8 Å². The molecule has 1 N–H and O–H groups in total. The van der Waals surface area contributed by atoms with Crippen LogP contribution >= 0.6 is 0 Å². The van der Waals surface area contributed by atoms with Gasteiger partial charge >= 0.3 is 0 Å². The minimum atomic E-state index is -0.0752. The summed E-state index contributed by atoms with van der Waals surface area (Å²) in [5, 5.41) is 3.00. The molecule has 2 atom stereocenters. The maximum atomic E-state index is 12.8. The number of imide groups is 1. The highest BCUT2D eigenvalue weighted by molar-refractivity contribution is 6.05. The van der Waals surface area contributed by atoms with Gasteiger partial charge in [-0.25, -0.2) is 0 Å². The van der Waals surface area contributed by atoms with Crippen molar-refractivity contribution in [2.45, 2.75) is 64.3 Å². The molecule has 0 unspecified atom stereocenters. The number of fused-ring (bicyclic) bond motifs is 1. The van der Waals surface area contributed by atoms with E-state index in [2.05, 4.69) is 5.32 Å². The third-order valence-electron chi connectivity index (χ3n) is 6.63. The van der Waals surface area contributed by atoms with E-state index in [4.69, 9.17) is 0 Å². The van der Waals surface area contributed by atoms with Gasteiger partial charge in [-0.1, -0.05) is 30.5 Å². The number of aryl methyl sites for hydroxylation is 1. The Morgan fingerprint density at radius 2 is 1.44 bits per heavy atom. The number of anilines is 1. The molecule has 1 aliphatic heterocycles. The smallest absolute Gasteiger partial charge is 0.233 e. The van der Waals surface area contributed by atoms with Gasteiger partial charge in [-0.05, 0) is 57.6 Å². The Kier molecular flexibility index (Phi) is 5.02. The number of rotatable bonds is 3. The summed E-state index contributed by atoms with van der Waals surface area (Å²) in [7, 11) is 0. The third kappa shape index (κ3) is 3.52. The summed E-state index contributed by atoms with van der Waals surface area (Å²) >= 11 is 0. The van der Waals surface area contributed by atoms with E-state index in [9.17, 15) is 14.4 Å². The molecule has 1 saturated heterocycles. The van der Waals surface area contributed by atoms with Gasteiger partial charge in [-0.3, -0.25) is 19.3 Å². The summed E-state index contributed by atoms with van der Waals surface area (Å²) in [4.78, 5) is 39.7. The summed E-state index contributed by atoms with van der Waals surface area (Å²) < 4.78 is 0. The lowest BCUT2D eigenvalue weighted by molar-refractivity contribution is -0.143. The van der Waals surface area contributed by atoms with Crippen LogP contribution < -0.4 is 5.32 Å². The first-order chi connectivity index (χ1) is 13.0. The molecule has 5 nitrogen and oxygen atoms in total. The van der Waals surface area contributed by atoms with Crippen LogP contribution in [0.5, 0.6) is 0 Å². The second kappa shape index (κ2) is 7.45. The van der Waals surface area contributed by atoms with Crippen LogP contribution in [0.1, 0.15) is 56.9 Å². The largest absolute Gasteiger partial charge is 0.326 e. The van der Waals surface area contributed by atoms with Crippen molar-refractivity contribution in [1.82, 2.24) is 4.90 Å². The summed E-state index contributed by atoms with van der Waals surface area (Å²) in [6.45, 7) is 2.02. The van der Waals surface area contributed by atoms with E-state index in [1.807, 2.05) is 31.2 Å². The van der Waals surface area contributed by atoms with Gasteiger partial charge < -0.3 is 5.32 Å². The van der Waals surface area contributed by atoms with Crippen LogP contribution in [0.15, 0.2) is 24.3 Å². The highest BCUT2D eigenvalue weighted by Gasteiger charge is 2.50. The first kappa shape index (κ1) is 18.2. The van der Waals surface area contributed by atoms with Gasteiger partial charge in [-0.15, -0.1) is 0 Å². The molecule has 0 bridgehead atoms. The molecule has 4 rings (SSSR count). The Bertz CT molecular complexity index is 710. The molecular formula is C22H28N2O3. The van der Waals surface area contributed by atoms with E-state index < -0.39 is 0 Å². The predicted molar refractivity (Wildman–Crippen MR) is 103 cm³/mol. The molecule has 1 heterocycles. The van der Waals surface area contributed by atoms with Crippen LogP contribution in [0.2, 0.25) is 0 Å². The van der Waals surface area contributed by atoms with Crippen molar-refractivity contribution in [3.8, 4) is 0 Å². The van der Waals surface area contributed by atoms with Crippen LogP contribution in [-0.2, 0) is 14.4 Å². The Balaban J connectivity index is 1.34. The van der Waals surface area contributed by atoms with Crippen molar-refractivity contribution >= 4 is 23.4 Å². The van der Waals surface area contributed by atoms with Gasteiger partial charge in [-0.2, -0.15) is 0 Å². The van der Waals surface area contributed by atoms with Crippen LogP contribution in [0.3, 0.4) is 0 Å². The quantitative estimate of drug-likeness (QED) is 0.828. The van der Waals surface area contributed by atoms with Gasteiger partial charge in [0.25, 0.3) is 0 Å². The average Bonchev–Trinajstić information content (AvgIpc) is 2.95. The standard InChI is InChI=1S/C22H28N2O3/c1-14-6-10-16(11-7-14)23-20(25)15-8-12-17(13-9-15)24-21(26)18-4-2-3-5-19(18)22(24)27/h6-7,10-11,15,17-19H,2-5,8-9,12-13H2,1H3,(H,23,25)/t15?,17?,18-,19+. The second-order valence-electron chi connectivity index (χ2n) is 8.40. The molecule has 1 aromatic rings. The lowest BCUT2D eigenvalue weighted by Crippen LogP contribution is -2.43. The van der Waals surface area contributed by atoms with Crippen molar-refractivity contribution in [2.75, 3.05) is 5.32 Å². The fourth-order valence-electron chi connectivity index (χ4n) is 5.03. The van der Waals surface area contributed by atoms with E-state index in [0.717, 1.165) is 62.6 Å². The van der Waals surface area contributed by atoms with Crippen molar-refractivity contribution in [1.29, 1.82) is 0 Å². The number of likely N-dealkylation sites (tertiary alicyclic amines) is 1. The number of hydrogen-bond acceptors (Lipinski definition) is 3. The number of carbonyl (C=O) groups is 3. The highest BCUT2D eigenvalue weighted by atomic mass is 16.2. The molecule has 2 saturated carbocycles. The molecule has 3 amide bonds. The monoisotopic (exact) mass is 368 g/mol. The zero-order valence-corrected chi connectivity index (χ0v) is 15.9. The van der Waals surface area contributed by atoms with Gasteiger partial charge in [0.15, 0.2) is 0 Å². The topological polar surface area (TPSA) is 66.5 Å². The maximum absolute atomic E-state index is 12.8. The number of nitrogens with one attached hydrogen (secondary N) is 1. The fourth-order valence-corrected chi connectivity index (χ4v) is 5.03. The highest BCUT2D eigenvalue weighted by Crippen LogP contribution is 2.41. The first-order valence-corrected chi connectivity index (χ1v) is 10.3. The van der Waals surface area contributed by atoms with E-state index in [0.29, 0.717) is 0 Å². The summed E-state index contributed by atoms with van der Waals surface area (Å²) in [6, 6.07) is 7.79. The number of amides is 3. The minimum absolute atomic E-state index is 0.0148. The Labute approximate surface area is 160 Å². The normalized spacial score (nSPS) is 30.9. The van der Waals surface area contributed by atoms with Gasteiger partial charge in [0.1, 0.15) is 0 Å². The Hall–Kier alpha value is -2.17. The number of nitrogens with zero attached hydrogens (tertiary/aromatic N) is 1. The van der Waals surface area contributed by atoms with Crippen molar-refractivity contribution in [2.24, 2.45) is 17.8 Å². The zero-order valence-electron chi connectivity index (χ0n) is 15.9. The van der Waals surface area contributed by atoms with Gasteiger partial charge in [0.2, 0.25) is 17.7 Å². The lowest BCUT2D eigenvalue weighted by atomic mass is 9.81. The molecule has 0 spiro atoms. The Morgan fingerprint density at radius 1 is 0.889 bits per heavy atom. The average molecular weight is 368 g/mol. The summed E-state index contributed by atoms with van der Waals surface area (Å²) in [5.41, 5.74) is 1.98. The zero-order chi connectivity index (χ0) is 19.0. The van der Waals surface area contributed by atoms with Crippen LogP contribution in [0.4, 0.5) is 5.69 Å². The van der Waals surface area contributed by atoms with Crippen LogP contribution in [0.25, 0.3) is 0 Å². The van der Waals surface area contributed by atoms with Crippen LogP contribution in [0, 0.1) is 24.7 Å². The van der Waals surface area contributed by atoms with Crippen LogP contribution in [-0.4, -0.2) is 28.7 Å². The number of hydrogen-bond donors (Lipinski definition) is 1. The molecule has 0 radical (unpaired) electrons. The van der Waals surface area contributed by atoms with Crippen molar-refractivity contribution in [3.05, 3.63) is 29.8 Å². The second-order valence-corrected chi connectivity index (χ2v) is 8.40. The molecule has 27 heavy (non-hydrogen) atoms. The van der Waals surface area contributed by atoms with E-state index in [1.165, 1.54) is 0 Å². The molecule has 144 valence electrons. The Morgan fingerprint density at radius 3 is 2.00 bits per heavy atom. The number of carbonyl (C=O) groups excluding carboxylic acids is 3. The molecule has 5 heteroatoms. The fraction of sp³-hybridized carbons (Fsp3) is 0.591. The van der Waals surface area contributed by atoms with Gasteiger partial charge in [0, 0.05) is 17.6 Å². The van der Waals surface area contributed by atoms with E-state index >= 15 is 0 Å². The summed E-state index contributed by atoms with van der Waals surface area (Å²) in [6.07, 6.45) is 6.77. The minimum Gasteiger partial charge on any atom is -0.326 e. The third-order valence-corrected chi connectivity index (χ3v) is 6.63. The van der Waals surface area contributed by atoms with E-state index in [-0.39, 0.29) is 41.5 Å². The summed E-state index contributed by atoms with van der Waals surface area (Å²) in [5.74, 6) is -0.0418. The molecule has 2 aliphatic carbocycles. The molecule has 3 fully saturated rings. The first-order valence-electron chi connectivity index (χ1n) is 10.3.